The number of hydrogen-bond donors (Lipinski definition) is 1. The first kappa shape index (κ1) is 18.0. The van der Waals surface area contributed by atoms with Crippen LogP contribution in [-0.4, -0.2) is 46.1 Å². The Morgan fingerprint density at radius 1 is 1.00 bits per heavy atom. The van der Waals surface area contributed by atoms with Crippen molar-refractivity contribution in [1.29, 1.82) is 0 Å². The van der Waals surface area contributed by atoms with E-state index in [1.54, 1.807) is 14.2 Å². The summed E-state index contributed by atoms with van der Waals surface area (Å²) in [5, 5.41) is 3.56. The fraction of sp³-hybridized carbons (Fsp3) is 0.647. The second kappa shape index (κ2) is 9.03. The zero-order chi connectivity index (χ0) is 15.7. The molecular weight excluding hydrogens is 264 g/mol. The molecular formula is C17H30N2O2. The van der Waals surface area contributed by atoms with Crippen molar-refractivity contribution in [2.75, 3.05) is 45.4 Å². The van der Waals surface area contributed by atoms with Gasteiger partial charge in [-0.1, -0.05) is 18.2 Å². The molecule has 4 heteroatoms. The van der Waals surface area contributed by atoms with E-state index in [1.807, 2.05) is 0 Å². The van der Waals surface area contributed by atoms with Crippen LogP contribution in [0.1, 0.15) is 26.3 Å². The highest BCUT2D eigenvalue weighted by atomic mass is 16.5. The van der Waals surface area contributed by atoms with Gasteiger partial charge in [0.2, 0.25) is 0 Å². The number of nitrogens with one attached hydrogen (secondary N) is 1. The lowest BCUT2D eigenvalue weighted by Gasteiger charge is -2.28. The molecule has 120 valence electrons. The van der Waals surface area contributed by atoms with E-state index < -0.39 is 0 Å². The van der Waals surface area contributed by atoms with Crippen LogP contribution in [0.15, 0.2) is 24.3 Å². The number of benzene rings is 1. The molecule has 0 heterocycles. The summed E-state index contributed by atoms with van der Waals surface area (Å²) in [5.41, 5.74) is 2.67. The van der Waals surface area contributed by atoms with Crippen molar-refractivity contribution in [3.05, 3.63) is 29.8 Å². The fourth-order valence-electron chi connectivity index (χ4n) is 2.08. The summed E-state index contributed by atoms with van der Waals surface area (Å²) in [6, 6.07) is 8.53. The van der Waals surface area contributed by atoms with Crippen molar-refractivity contribution in [3.8, 4) is 0 Å². The van der Waals surface area contributed by atoms with Crippen LogP contribution in [0.3, 0.4) is 0 Å². The fourth-order valence-corrected chi connectivity index (χ4v) is 2.08. The maximum Gasteiger partial charge on any atom is 0.0637 e. The minimum absolute atomic E-state index is 0.108. The van der Waals surface area contributed by atoms with Gasteiger partial charge in [-0.3, -0.25) is 0 Å². The number of anilines is 1. The Bertz CT molecular complexity index is 394. The van der Waals surface area contributed by atoms with Gasteiger partial charge in [-0.2, -0.15) is 0 Å². The van der Waals surface area contributed by atoms with Crippen molar-refractivity contribution in [1.82, 2.24) is 5.32 Å². The molecule has 0 bridgehead atoms. The lowest BCUT2D eigenvalue weighted by molar-refractivity contribution is 0.190. The topological polar surface area (TPSA) is 33.7 Å². The molecule has 0 spiro atoms. The number of ether oxygens (including phenoxy) is 2. The third-order valence-corrected chi connectivity index (χ3v) is 3.27. The highest BCUT2D eigenvalue weighted by Gasteiger charge is 2.13. The van der Waals surface area contributed by atoms with Gasteiger partial charge in [0.15, 0.2) is 0 Å². The second-order valence-corrected chi connectivity index (χ2v) is 6.20. The minimum Gasteiger partial charge on any atom is -0.383 e. The van der Waals surface area contributed by atoms with Crippen molar-refractivity contribution >= 4 is 5.69 Å². The molecule has 0 amide bonds. The number of nitrogens with zero attached hydrogens (tertiary/aromatic N) is 1. The van der Waals surface area contributed by atoms with Gasteiger partial charge in [0.25, 0.3) is 0 Å². The molecule has 0 aliphatic heterocycles. The van der Waals surface area contributed by atoms with Crippen LogP contribution in [0.2, 0.25) is 0 Å². The molecule has 0 radical (unpaired) electrons. The van der Waals surface area contributed by atoms with Crippen LogP contribution in [0.4, 0.5) is 5.69 Å². The molecule has 4 nitrogen and oxygen atoms in total. The van der Waals surface area contributed by atoms with Gasteiger partial charge in [-0.05, 0) is 32.4 Å². The zero-order valence-electron chi connectivity index (χ0n) is 14.1. The molecule has 0 aliphatic rings. The molecule has 1 aromatic carbocycles. The summed E-state index contributed by atoms with van der Waals surface area (Å²) >= 11 is 0. The summed E-state index contributed by atoms with van der Waals surface area (Å²) in [6.45, 7) is 10.6. The molecule has 1 rings (SSSR count). The Morgan fingerprint density at radius 2 is 1.57 bits per heavy atom. The van der Waals surface area contributed by atoms with E-state index in [-0.39, 0.29) is 5.54 Å². The van der Waals surface area contributed by atoms with E-state index in [2.05, 4.69) is 55.3 Å². The molecule has 1 aromatic rings. The van der Waals surface area contributed by atoms with Gasteiger partial charge in [0.1, 0.15) is 0 Å². The van der Waals surface area contributed by atoms with Crippen molar-refractivity contribution < 1.29 is 9.47 Å². The summed E-state index contributed by atoms with van der Waals surface area (Å²) in [4.78, 5) is 2.33. The molecule has 21 heavy (non-hydrogen) atoms. The average molecular weight is 294 g/mol. The molecule has 0 atom stereocenters. The summed E-state index contributed by atoms with van der Waals surface area (Å²) in [6.07, 6.45) is 0. The van der Waals surface area contributed by atoms with Gasteiger partial charge in [0.05, 0.1) is 13.2 Å². The van der Waals surface area contributed by atoms with Crippen LogP contribution in [0, 0.1) is 0 Å². The number of methoxy groups -OCH3 is 2. The first-order valence-corrected chi connectivity index (χ1v) is 7.53. The third kappa shape index (κ3) is 6.93. The minimum atomic E-state index is 0.108. The summed E-state index contributed by atoms with van der Waals surface area (Å²) in [7, 11) is 3.48. The maximum absolute atomic E-state index is 5.23. The van der Waals surface area contributed by atoms with Crippen LogP contribution in [0.5, 0.6) is 0 Å². The third-order valence-electron chi connectivity index (χ3n) is 3.27. The van der Waals surface area contributed by atoms with Crippen molar-refractivity contribution in [2.24, 2.45) is 0 Å². The highest BCUT2D eigenvalue weighted by Crippen LogP contribution is 2.21. The lowest BCUT2D eigenvalue weighted by Crippen LogP contribution is -2.36. The number of hydrogen-bond acceptors (Lipinski definition) is 4. The normalized spacial score (nSPS) is 11.7. The Morgan fingerprint density at radius 3 is 2.10 bits per heavy atom. The molecule has 0 aromatic heterocycles. The molecule has 0 aliphatic carbocycles. The maximum atomic E-state index is 5.23. The van der Waals surface area contributed by atoms with Gasteiger partial charge in [-0.15, -0.1) is 0 Å². The van der Waals surface area contributed by atoms with Gasteiger partial charge in [0, 0.05) is 45.1 Å². The largest absolute Gasteiger partial charge is 0.383 e. The Hall–Kier alpha value is -1.10. The number of para-hydroxylation sites is 1. The average Bonchev–Trinajstić information content (AvgIpc) is 2.45. The predicted octanol–water partition coefficient (Wildman–Crippen LogP) is 2.67. The summed E-state index contributed by atoms with van der Waals surface area (Å²) < 4.78 is 10.5. The van der Waals surface area contributed by atoms with Crippen LogP contribution >= 0.6 is 0 Å². The molecule has 0 saturated heterocycles. The first-order chi connectivity index (χ1) is 9.98. The number of rotatable bonds is 9. The Balaban J connectivity index is 2.84. The van der Waals surface area contributed by atoms with Gasteiger partial charge >= 0.3 is 0 Å². The van der Waals surface area contributed by atoms with Crippen molar-refractivity contribution in [3.63, 3.8) is 0 Å². The van der Waals surface area contributed by atoms with Crippen LogP contribution < -0.4 is 10.2 Å². The Kier molecular flexibility index (Phi) is 7.72. The monoisotopic (exact) mass is 294 g/mol. The quantitative estimate of drug-likeness (QED) is 0.759. The molecule has 1 N–H and O–H groups in total. The van der Waals surface area contributed by atoms with Gasteiger partial charge < -0.3 is 19.7 Å². The van der Waals surface area contributed by atoms with Crippen LogP contribution in [-0.2, 0) is 16.0 Å². The molecule has 0 saturated carbocycles. The van der Waals surface area contributed by atoms with E-state index in [1.165, 1.54) is 11.3 Å². The first-order valence-electron chi connectivity index (χ1n) is 7.53. The van der Waals surface area contributed by atoms with E-state index >= 15 is 0 Å². The van der Waals surface area contributed by atoms with E-state index in [0.29, 0.717) is 13.2 Å². The Labute approximate surface area is 129 Å². The van der Waals surface area contributed by atoms with E-state index in [9.17, 15) is 0 Å². The summed E-state index contributed by atoms with van der Waals surface area (Å²) in [5.74, 6) is 0. The molecule has 0 unspecified atom stereocenters. The predicted molar refractivity (Wildman–Crippen MR) is 89.0 cm³/mol. The zero-order valence-corrected chi connectivity index (χ0v) is 14.1. The standard InChI is InChI=1S/C17H30N2O2/c1-17(2,3)18-14-15-8-6-7-9-16(15)19(10-12-20-4)11-13-21-5/h6-9,18H,10-14H2,1-5H3. The molecule has 0 fully saturated rings. The highest BCUT2D eigenvalue weighted by molar-refractivity contribution is 5.53. The smallest absolute Gasteiger partial charge is 0.0637 e. The van der Waals surface area contributed by atoms with Crippen LogP contribution in [0.25, 0.3) is 0 Å². The van der Waals surface area contributed by atoms with E-state index in [0.717, 1.165) is 19.6 Å². The van der Waals surface area contributed by atoms with Crippen molar-refractivity contribution in [2.45, 2.75) is 32.9 Å². The lowest BCUT2D eigenvalue weighted by atomic mass is 10.1. The second-order valence-electron chi connectivity index (χ2n) is 6.20. The SMILES string of the molecule is COCCN(CCOC)c1ccccc1CNC(C)(C)C. The van der Waals surface area contributed by atoms with Gasteiger partial charge in [-0.25, -0.2) is 0 Å². The van der Waals surface area contributed by atoms with E-state index in [4.69, 9.17) is 9.47 Å².